The van der Waals surface area contributed by atoms with Crippen molar-refractivity contribution in [1.82, 2.24) is 9.38 Å². The minimum atomic E-state index is -0.0468. The van der Waals surface area contributed by atoms with Crippen LogP contribution >= 0.6 is 11.6 Å². The van der Waals surface area contributed by atoms with Gasteiger partial charge in [-0.2, -0.15) is 0 Å². The molecule has 0 radical (unpaired) electrons. The number of rotatable bonds is 5. The molecule has 0 aliphatic rings. The van der Waals surface area contributed by atoms with E-state index < -0.39 is 0 Å². The molecular weight excluding hydrogens is 370 g/mol. The van der Waals surface area contributed by atoms with Gasteiger partial charge in [-0.05, 0) is 48.7 Å². The summed E-state index contributed by atoms with van der Waals surface area (Å²) in [6, 6.07) is 21.5. The molecule has 0 aliphatic carbocycles. The van der Waals surface area contributed by atoms with Crippen molar-refractivity contribution in [2.45, 2.75) is 19.8 Å². The fourth-order valence-corrected chi connectivity index (χ4v) is 3.29. The van der Waals surface area contributed by atoms with Crippen LogP contribution in [0.1, 0.15) is 17.5 Å². The summed E-state index contributed by atoms with van der Waals surface area (Å²) in [6.45, 7) is 2.03. The highest BCUT2D eigenvalue weighted by Crippen LogP contribution is 2.29. The molecule has 0 fully saturated rings. The maximum atomic E-state index is 12.7. The van der Waals surface area contributed by atoms with Crippen molar-refractivity contribution in [2.75, 3.05) is 5.32 Å². The molecule has 2 heterocycles. The average molecular weight is 390 g/mol. The highest BCUT2D eigenvalue weighted by atomic mass is 35.5. The molecule has 5 heteroatoms. The van der Waals surface area contributed by atoms with E-state index in [0.29, 0.717) is 23.7 Å². The van der Waals surface area contributed by atoms with Gasteiger partial charge < -0.3 is 5.32 Å². The van der Waals surface area contributed by atoms with Crippen molar-refractivity contribution in [3.05, 3.63) is 89.1 Å². The summed E-state index contributed by atoms with van der Waals surface area (Å²) >= 11 is 5.92. The third-order valence-corrected chi connectivity index (χ3v) is 4.89. The van der Waals surface area contributed by atoms with Crippen LogP contribution in [0.3, 0.4) is 0 Å². The predicted octanol–water partition coefficient (Wildman–Crippen LogP) is 5.53. The maximum absolute atomic E-state index is 12.7. The van der Waals surface area contributed by atoms with E-state index in [0.717, 1.165) is 28.0 Å². The second-order valence-corrected chi connectivity index (χ2v) is 7.22. The molecule has 0 unspecified atom stereocenters. The zero-order valence-electron chi connectivity index (χ0n) is 15.5. The molecule has 0 saturated heterocycles. The largest absolute Gasteiger partial charge is 0.310 e. The summed E-state index contributed by atoms with van der Waals surface area (Å²) in [4.78, 5) is 17.4. The fourth-order valence-electron chi connectivity index (χ4n) is 3.17. The number of fused-ring (bicyclic) bond motifs is 1. The average Bonchev–Trinajstić information content (AvgIpc) is 3.05. The van der Waals surface area contributed by atoms with Crippen molar-refractivity contribution in [1.29, 1.82) is 0 Å². The molecule has 140 valence electrons. The third-order valence-electron chi connectivity index (χ3n) is 4.64. The summed E-state index contributed by atoms with van der Waals surface area (Å²) in [6.07, 6.45) is 2.98. The van der Waals surface area contributed by atoms with Crippen LogP contribution in [-0.2, 0) is 11.2 Å². The predicted molar refractivity (Wildman–Crippen MR) is 114 cm³/mol. The van der Waals surface area contributed by atoms with Gasteiger partial charge in [0.2, 0.25) is 5.91 Å². The molecule has 1 amide bonds. The van der Waals surface area contributed by atoms with Gasteiger partial charge in [0.15, 0.2) is 0 Å². The number of pyridine rings is 1. The summed E-state index contributed by atoms with van der Waals surface area (Å²) in [5, 5.41) is 3.76. The number of nitrogens with one attached hydrogen (secondary N) is 1. The first-order valence-electron chi connectivity index (χ1n) is 9.18. The Hall–Kier alpha value is -3.11. The third kappa shape index (κ3) is 3.92. The summed E-state index contributed by atoms with van der Waals surface area (Å²) < 4.78 is 1.93. The lowest BCUT2D eigenvalue weighted by Gasteiger charge is -2.08. The molecule has 1 N–H and O–H groups in total. The standard InChI is InChI=1S/C23H20ClN3O/c1-16-13-14-27-20(15-16)25-22(18-5-3-2-4-6-18)23(27)26-21(28)12-9-17-7-10-19(24)11-8-17/h2-8,10-11,13-15H,9,12H2,1H3,(H,26,28). The zero-order chi connectivity index (χ0) is 19.5. The second kappa shape index (κ2) is 7.87. The Morgan fingerprint density at radius 3 is 2.57 bits per heavy atom. The van der Waals surface area contributed by atoms with Gasteiger partial charge in [-0.15, -0.1) is 0 Å². The fraction of sp³-hybridized carbons (Fsp3) is 0.130. The summed E-state index contributed by atoms with van der Waals surface area (Å²) in [7, 11) is 0. The van der Waals surface area contributed by atoms with Gasteiger partial charge in [0.05, 0.1) is 0 Å². The van der Waals surface area contributed by atoms with Gasteiger partial charge >= 0.3 is 0 Å². The van der Waals surface area contributed by atoms with Crippen LogP contribution < -0.4 is 5.32 Å². The van der Waals surface area contributed by atoms with Crippen molar-refractivity contribution in [3.63, 3.8) is 0 Å². The lowest BCUT2D eigenvalue weighted by Crippen LogP contribution is -2.14. The quantitative estimate of drug-likeness (QED) is 0.487. The summed E-state index contributed by atoms with van der Waals surface area (Å²) in [5.74, 6) is 0.650. The topological polar surface area (TPSA) is 46.4 Å². The molecule has 4 nitrogen and oxygen atoms in total. The van der Waals surface area contributed by atoms with Crippen LogP contribution in [0.25, 0.3) is 16.9 Å². The lowest BCUT2D eigenvalue weighted by molar-refractivity contribution is -0.116. The monoisotopic (exact) mass is 389 g/mol. The Morgan fingerprint density at radius 1 is 1.07 bits per heavy atom. The highest BCUT2D eigenvalue weighted by Gasteiger charge is 2.16. The van der Waals surface area contributed by atoms with E-state index in [4.69, 9.17) is 16.6 Å². The minimum Gasteiger partial charge on any atom is -0.310 e. The molecule has 4 rings (SSSR count). The molecule has 28 heavy (non-hydrogen) atoms. The van der Waals surface area contributed by atoms with Crippen molar-refractivity contribution in [2.24, 2.45) is 0 Å². The second-order valence-electron chi connectivity index (χ2n) is 6.78. The van der Waals surface area contributed by atoms with Gasteiger partial charge in [-0.1, -0.05) is 54.1 Å². The number of hydrogen-bond acceptors (Lipinski definition) is 2. The minimum absolute atomic E-state index is 0.0468. The Bertz CT molecular complexity index is 1120. The molecule has 4 aromatic rings. The van der Waals surface area contributed by atoms with Gasteiger partial charge in [-0.3, -0.25) is 9.20 Å². The Balaban J connectivity index is 1.61. The van der Waals surface area contributed by atoms with E-state index in [9.17, 15) is 4.79 Å². The lowest BCUT2D eigenvalue weighted by atomic mass is 10.1. The van der Waals surface area contributed by atoms with Gasteiger partial charge in [0, 0.05) is 23.2 Å². The number of amides is 1. The van der Waals surface area contributed by atoms with Crippen molar-refractivity contribution >= 4 is 29.0 Å². The molecule has 0 saturated carbocycles. The molecule has 2 aromatic carbocycles. The SMILES string of the molecule is Cc1ccn2c(NC(=O)CCc3ccc(Cl)cc3)c(-c3ccccc3)nc2c1. The van der Waals surface area contributed by atoms with Crippen molar-refractivity contribution < 1.29 is 4.79 Å². The highest BCUT2D eigenvalue weighted by molar-refractivity contribution is 6.30. The molecule has 0 spiro atoms. The number of hydrogen-bond donors (Lipinski definition) is 1. The number of halogens is 1. The number of imidazole rings is 1. The van der Waals surface area contributed by atoms with Crippen LogP contribution in [0, 0.1) is 6.92 Å². The van der Waals surface area contributed by atoms with E-state index in [2.05, 4.69) is 5.32 Å². The first kappa shape index (κ1) is 18.3. The smallest absolute Gasteiger partial charge is 0.225 e. The normalized spacial score (nSPS) is 10.9. The number of aromatic nitrogens is 2. The number of aryl methyl sites for hydroxylation is 2. The first-order valence-corrected chi connectivity index (χ1v) is 9.56. The van der Waals surface area contributed by atoms with Crippen LogP contribution in [0.5, 0.6) is 0 Å². The first-order chi connectivity index (χ1) is 13.6. The molecular formula is C23H20ClN3O. The Labute approximate surface area is 168 Å². The van der Waals surface area contributed by atoms with E-state index in [1.165, 1.54) is 0 Å². The molecule has 2 aromatic heterocycles. The van der Waals surface area contributed by atoms with Gasteiger partial charge in [-0.25, -0.2) is 4.98 Å². The Morgan fingerprint density at radius 2 is 1.82 bits per heavy atom. The zero-order valence-corrected chi connectivity index (χ0v) is 16.3. The van der Waals surface area contributed by atoms with Gasteiger partial charge in [0.1, 0.15) is 17.2 Å². The van der Waals surface area contributed by atoms with Gasteiger partial charge in [0.25, 0.3) is 0 Å². The van der Waals surface area contributed by atoms with E-state index >= 15 is 0 Å². The van der Waals surface area contributed by atoms with E-state index in [1.54, 1.807) is 0 Å². The Kier molecular flexibility index (Phi) is 5.13. The number of anilines is 1. The molecule has 0 atom stereocenters. The number of carbonyl (C=O) groups excluding carboxylic acids is 1. The molecule has 0 aliphatic heterocycles. The summed E-state index contributed by atoms with van der Waals surface area (Å²) in [5.41, 5.74) is 4.75. The number of nitrogens with zero attached hydrogens (tertiary/aromatic N) is 2. The van der Waals surface area contributed by atoms with Crippen LogP contribution in [0.15, 0.2) is 72.9 Å². The van der Waals surface area contributed by atoms with Crippen LogP contribution in [-0.4, -0.2) is 15.3 Å². The van der Waals surface area contributed by atoms with Crippen LogP contribution in [0.2, 0.25) is 5.02 Å². The number of benzene rings is 2. The molecule has 0 bridgehead atoms. The van der Waals surface area contributed by atoms with Crippen molar-refractivity contribution in [3.8, 4) is 11.3 Å². The number of carbonyl (C=O) groups is 1. The van der Waals surface area contributed by atoms with E-state index in [-0.39, 0.29) is 5.91 Å². The van der Waals surface area contributed by atoms with E-state index in [1.807, 2.05) is 84.3 Å². The maximum Gasteiger partial charge on any atom is 0.225 e. The van der Waals surface area contributed by atoms with Crippen LogP contribution in [0.4, 0.5) is 5.82 Å².